The molecule has 0 aliphatic carbocycles. The molecule has 4 aromatic rings. The molecule has 11 heteroatoms. The van der Waals surface area contributed by atoms with E-state index in [0.29, 0.717) is 34.7 Å². The predicted molar refractivity (Wildman–Crippen MR) is 116 cm³/mol. The molecule has 1 atom stereocenters. The van der Waals surface area contributed by atoms with Gasteiger partial charge in [0, 0.05) is 12.7 Å². The minimum atomic E-state index is -0.189. The Balaban J connectivity index is 0.00000231. The van der Waals surface area contributed by atoms with Crippen LogP contribution >= 0.6 is 12.4 Å². The third kappa shape index (κ3) is 3.46. The monoisotopic (exact) mass is 440 g/mol. The van der Waals surface area contributed by atoms with Crippen LogP contribution in [0.1, 0.15) is 24.4 Å². The second-order valence-corrected chi connectivity index (χ2v) is 7.35. The summed E-state index contributed by atoms with van der Waals surface area (Å²) in [5.41, 5.74) is 2.87. The average Bonchev–Trinajstić information content (AvgIpc) is 3.32. The molecule has 0 saturated carbocycles. The van der Waals surface area contributed by atoms with Gasteiger partial charge in [-0.2, -0.15) is 10.4 Å². The lowest BCUT2D eigenvalue weighted by atomic mass is 10.1. The van der Waals surface area contributed by atoms with Crippen LogP contribution in [0.3, 0.4) is 0 Å². The van der Waals surface area contributed by atoms with Crippen LogP contribution in [0.15, 0.2) is 35.5 Å². The van der Waals surface area contributed by atoms with Gasteiger partial charge in [-0.25, -0.2) is 19.3 Å². The van der Waals surface area contributed by atoms with E-state index in [2.05, 4.69) is 21.5 Å². The second kappa shape index (κ2) is 8.47. The molecule has 31 heavy (non-hydrogen) atoms. The minimum absolute atomic E-state index is 0. The first kappa shape index (κ1) is 21.0. The van der Waals surface area contributed by atoms with Gasteiger partial charge in [-0.05, 0) is 31.5 Å². The van der Waals surface area contributed by atoms with E-state index in [0.717, 1.165) is 24.9 Å². The van der Waals surface area contributed by atoms with Gasteiger partial charge in [0.05, 0.1) is 54.3 Å². The number of nitrogens with zero attached hydrogens (tertiary/aromatic N) is 7. The number of nitrogens with one attached hydrogen (secondary N) is 1. The standard InChI is InChI=1S/C20H20N8O2.ClH/c21-9-13-3-5-27-16(8-13)15(11-24-27)18-23-12-17-19(25-18)28(14-2-1-4-22-10-14)20(30)26(17)6-7-29;/h3,5,8,11-12,14,22,29H,1-2,4,6-7,10H2;1H/t14-;/m0./s1. The van der Waals surface area contributed by atoms with Gasteiger partial charge in [0.15, 0.2) is 11.5 Å². The molecule has 0 spiro atoms. The van der Waals surface area contributed by atoms with Gasteiger partial charge >= 0.3 is 5.69 Å². The third-order valence-corrected chi connectivity index (χ3v) is 5.56. The number of halogens is 1. The van der Waals surface area contributed by atoms with Crippen molar-refractivity contribution in [3.8, 4) is 17.5 Å². The van der Waals surface area contributed by atoms with Crippen molar-refractivity contribution in [2.45, 2.75) is 25.4 Å². The molecule has 0 unspecified atom stereocenters. The summed E-state index contributed by atoms with van der Waals surface area (Å²) in [5.74, 6) is 0.436. The number of hydrogen-bond acceptors (Lipinski definition) is 7. The van der Waals surface area contributed by atoms with Gasteiger partial charge in [0.2, 0.25) is 0 Å². The zero-order chi connectivity index (χ0) is 20.7. The maximum Gasteiger partial charge on any atom is 0.330 e. The van der Waals surface area contributed by atoms with E-state index in [1.54, 1.807) is 39.8 Å². The molecular weight excluding hydrogens is 420 g/mol. The number of aliphatic hydroxyl groups is 1. The molecule has 1 saturated heterocycles. The Kier molecular flexibility index (Phi) is 5.73. The molecule has 2 N–H and O–H groups in total. The topological polar surface area (TPSA) is 126 Å². The van der Waals surface area contributed by atoms with Crippen LogP contribution < -0.4 is 11.0 Å². The predicted octanol–water partition coefficient (Wildman–Crippen LogP) is 1.12. The molecule has 4 aromatic heterocycles. The van der Waals surface area contributed by atoms with Gasteiger partial charge in [0.1, 0.15) is 5.52 Å². The number of rotatable bonds is 4. The average molecular weight is 441 g/mol. The summed E-state index contributed by atoms with van der Waals surface area (Å²) in [7, 11) is 0. The normalized spacial score (nSPS) is 16.3. The quantitative estimate of drug-likeness (QED) is 0.486. The Hall–Kier alpha value is -3.26. The van der Waals surface area contributed by atoms with E-state index >= 15 is 0 Å². The van der Waals surface area contributed by atoms with E-state index < -0.39 is 0 Å². The van der Waals surface area contributed by atoms with Crippen molar-refractivity contribution >= 4 is 29.1 Å². The van der Waals surface area contributed by atoms with E-state index in [1.807, 2.05) is 0 Å². The van der Waals surface area contributed by atoms with Crippen LogP contribution in [-0.4, -0.2) is 53.5 Å². The van der Waals surface area contributed by atoms with E-state index in [4.69, 9.17) is 4.98 Å². The summed E-state index contributed by atoms with van der Waals surface area (Å²) in [6.45, 7) is 1.67. The molecule has 0 bridgehead atoms. The van der Waals surface area contributed by atoms with Crippen LogP contribution in [0.2, 0.25) is 0 Å². The molecule has 0 radical (unpaired) electrons. The third-order valence-electron chi connectivity index (χ3n) is 5.56. The first-order valence-corrected chi connectivity index (χ1v) is 9.88. The fourth-order valence-corrected chi connectivity index (χ4v) is 4.11. The highest BCUT2D eigenvalue weighted by molar-refractivity contribution is 5.85. The Morgan fingerprint density at radius 1 is 1.32 bits per heavy atom. The summed E-state index contributed by atoms with van der Waals surface area (Å²) in [4.78, 5) is 22.4. The van der Waals surface area contributed by atoms with Gasteiger partial charge in [-0.3, -0.25) is 9.13 Å². The smallest absolute Gasteiger partial charge is 0.330 e. The highest BCUT2D eigenvalue weighted by Gasteiger charge is 2.24. The molecule has 10 nitrogen and oxygen atoms in total. The van der Waals surface area contributed by atoms with Crippen LogP contribution in [0.25, 0.3) is 28.1 Å². The zero-order valence-electron chi connectivity index (χ0n) is 16.6. The fourth-order valence-electron chi connectivity index (χ4n) is 4.11. The van der Waals surface area contributed by atoms with E-state index in [9.17, 15) is 15.2 Å². The maximum atomic E-state index is 13.1. The highest BCUT2D eigenvalue weighted by Crippen LogP contribution is 2.25. The number of aliphatic hydroxyl groups excluding tert-OH is 1. The second-order valence-electron chi connectivity index (χ2n) is 7.35. The molecule has 160 valence electrons. The van der Waals surface area contributed by atoms with Gasteiger partial charge in [-0.15, -0.1) is 12.4 Å². The SMILES string of the molecule is Cl.N#Cc1ccn2ncc(-c3ncc4c(n3)n([C@H]3CCCNC3)c(=O)n4CCO)c2c1. The summed E-state index contributed by atoms with van der Waals surface area (Å²) >= 11 is 0. The summed E-state index contributed by atoms with van der Waals surface area (Å²) in [6, 6.07) is 5.56. The van der Waals surface area contributed by atoms with Crippen molar-refractivity contribution in [2.75, 3.05) is 19.7 Å². The number of imidazole rings is 1. The van der Waals surface area contributed by atoms with Gasteiger partial charge in [-0.1, -0.05) is 0 Å². The summed E-state index contributed by atoms with van der Waals surface area (Å²) in [5, 5.41) is 26.3. The van der Waals surface area contributed by atoms with Crippen molar-refractivity contribution in [1.82, 2.24) is 34.0 Å². The summed E-state index contributed by atoms with van der Waals surface area (Å²) in [6.07, 6.45) is 6.86. The van der Waals surface area contributed by atoms with Crippen molar-refractivity contribution in [3.05, 3.63) is 46.8 Å². The number of piperidine rings is 1. The molecule has 5 heterocycles. The molecule has 1 aliphatic rings. The number of nitriles is 1. The lowest BCUT2D eigenvalue weighted by Gasteiger charge is -2.23. The molecule has 1 fully saturated rings. The van der Waals surface area contributed by atoms with Crippen LogP contribution in [-0.2, 0) is 6.54 Å². The first-order valence-electron chi connectivity index (χ1n) is 9.88. The highest BCUT2D eigenvalue weighted by atomic mass is 35.5. The van der Waals surface area contributed by atoms with Crippen LogP contribution in [0.4, 0.5) is 0 Å². The number of pyridine rings is 1. The number of hydrogen-bond donors (Lipinski definition) is 2. The number of fused-ring (bicyclic) bond motifs is 2. The van der Waals surface area contributed by atoms with Crippen LogP contribution in [0, 0.1) is 11.3 Å². The summed E-state index contributed by atoms with van der Waals surface area (Å²) < 4.78 is 4.91. The van der Waals surface area contributed by atoms with E-state index in [1.165, 1.54) is 4.57 Å². The Bertz CT molecular complexity index is 1340. The van der Waals surface area contributed by atoms with Crippen molar-refractivity contribution in [2.24, 2.45) is 0 Å². The van der Waals surface area contributed by atoms with Crippen LogP contribution in [0.5, 0.6) is 0 Å². The lowest BCUT2D eigenvalue weighted by molar-refractivity contribution is 0.274. The number of aromatic nitrogens is 6. The Morgan fingerprint density at radius 2 is 2.19 bits per heavy atom. The van der Waals surface area contributed by atoms with Crippen molar-refractivity contribution in [3.63, 3.8) is 0 Å². The molecule has 5 rings (SSSR count). The first-order chi connectivity index (χ1) is 14.7. The Labute approximate surface area is 183 Å². The molecule has 0 amide bonds. The fraction of sp³-hybridized carbons (Fsp3) is 0.350. The van der Waals surface area contributed by atoms with Gasteiger partial charge in [0.25, 0.3) is 0 Å². The minimum Gasteiger partial charge on any atom is -0.395 e. The van der Waals surface area contributed by atoms with Crippen molar-refractivity contribution in [1.29, 1.82) is 5.26 Å². The molecule has 0 aromatic carbocycles. The Morgan fingerprint density at radius 3 is 2.94 bits per heavy atom. The van der Waals surface area contributed by atoms with Crippen molar-refractivity contribution < 1.29 is 5.11 Å². The zero-order valence-corrected chi connectivity index (χ0v) is 17.4. The lowest BCUT2D eigenvalue weighted by Crippen LogP contribution is -2.37. The van der Waals surface area contributed by atoms with Gasteiger partial charge < -0.3 is 10.4 Å². The molecule has 1 aliphatic heterocycles. The van der Waals surface area contributed by atoms with E-state index in [-0.39, 0.29) is 37.3 Å². The largest absolute Gasteiger partial charge is 0.395 e. The maximum absolute atomic E-state index is 13.1. The molecular formula is C20H21ClN8O2.